The highest BCUT2D eigenvalue weighted by atomic mass is 32.2. The van der Waals surface area contributed by atoms with Gasteiger partial charge in [0.15, 0.2) is 27.2 Å². The molecule has 0 radical (unpaired) electrons. The molecule has 0 N–H and O–H groups in total. The van der Waals surface area contributed by atoms with E-state index in [-0.39, 0.29) is 5.82 Å². The van der Waals surface area contributed by atoms with Gasteiger partial charge in [-0.15, -0.1) is 10.2 Å². The van der Waals surface area contributed by atoms with Crippen molar-refractivity contribution in [3.63, 3.8) is 0 Å². The lowest BCUT2D eigenvalue weighted by Crippen LogP contribution is -2.31. The fourth-order valence-electron chi connectivity index (χ4n) is 3.94. The average Bonchev–Trinajstić information content (AvgIpc) is 3.60. The summed E-state index contributed by atoms with van der Waals surface area (Å²) in [4.78, 5) is 13.1. The molecule has 3 atom stereocenters. The van der Waals surface area contributed by atoms with Crippen molar-refractivity contribution in [3.05, 3.63) is 65.8 Å². The monoisotopic (exact) mass is 541 g/mol. The summed E-state index contributed by atoms with van der Waals surface area (Å²) < 4.78 is 45.8. The molecule has 0 aliphatic carbocycles. The Kier molecular flexibility index (Phi) is 8.47. The molecule has 0 saturated heterocycles. The first-order chi connectivity index (χ1) is 18.2. The molecule has 0 aromatic carbocycles. The molecule has 38 heavy (non-hydrogen) atoms. The molecule has 202 valence electrons. The lowest BCUT2D eigenvalue weighted by atomic mass is 10.2. The first-order valence-electron chi connectivity index (χ1n) is 12.2. The SMILES string of the molecule is CCCO[C@@H](c1ncc(C)cn1)[C@H](C)S(=O)(=O)Cc1nnc(-c2cccc(OC)n2)n1[C@@H](C)c1ccno1. The van der Waals surface area contributed by atoms with Crippen LogP contribution in [0.4, 0.5) is 0 Å². The smallest absolute Gasteiger partial charge is 0.213 e. The molecular formula is C25H31N7O5S. The lowest BCUT2D eigenvalue weighted by molar-refractivity contribution is 0.0465. The Labute approximate surface area is 221 Å². The van der Waals surface area contributed by atoms with Gasteiger partial charge in [-0.2, -0.15) is 0 Å². The van der Waals surface area contributed by atoms with Crippen molar-refractivity contribution in [2.75, 3.05) is 13.7 Å². The summed E-state index contributed by atoms with van der Waals surface area (Å²) in [6, 6.07) is 6.47. The van der Waals surface area contributed by atoms with E-state index in [1.807, 2.05) is 20.8 Å². The first kappa shape index (κ1) is 27.3. The second-order valence-electron chi connectivity index (χ2n) is 8.89. The summed E-state index contributed by atoms with van der Waals surface area (Å²) in [5, 5.41) is 11.4. The lowest BCUT2D eigenvalue weighted by Gasteiger charge is -2.23. The van der Waals surface area contributed by atoms with Crippen LogP contribution in [0.15, 0.2) is 47.4 Å². The van der Waals surface area contributed by atoms with E-state index in [2.05, 4.69) is 30.3 Å². The Hall–Kier alpha value is -3.71. The second kappa shape index (κ2) is 11.8. The fourth-order valence-corrected chi connectivity index (χ4v) is 5.34. The third-order valence-corrected chi connectivity index (χ3v) is 8.11. The molecule has 0 saturated carbocycles. The Bertz CT molecular complexity index is 1440. The third-order valence-electron chi connectivity index (χ3n) is 6.07. The molecule has 4 heterocycles. The molecule has 0 fully saturated rings. The van der Waals surface area contributed by atoms with Crippen LogP contribution in [0.2, 0.25) is 0 Å². The van der Waals surface area contributed by atoms with Crippen LogP contribution in [0.5, 0.6) is 5.88 Å². The van der Waals surface area contributed by atoms with Gasteiger partial charge >= 0.3 is 0 Å². The van der Waals surface area contributed by atoms with Gasteiger partial charge in [0.05, 0.1) is 24.6 Å². The highest BCUT2D eigenvalue weighted by Crippen LogP contribution is 2.30. The van der Waals surface area contributed by atoms with E-state index in [0.717, 1.165) is 12.0 Å². The standard InChI is InChI=1S/C25H31N7O5S/c1-6-12-36-23(24-26-13-16(2)14-27-24)18(4)38(33,34)15-21-30-31-25(19-8-7-9-22(29-19)35-5)32(21)17(3)20-10-11-28-37-20/h7-11,13-14,17-18,23H,6,12,15H2,1-5H3/t17-,18-,23+/m0/s1. The number of hydrogen-bond donors (Lipinski definition) is 0. The van der Waals surface area contributed by atoms with Crippen molar-refractivity contribution in [1.29, 1.82) is 0 Å². The minimum Gasteiger partial charge on any atom is -0.481 e. The molecule has 0 aliphatic rings. The van der Waals surface area contributed by atoms with Gasteiger partial charge in [-0.1, -0.05) is 18.1 Å². The van der Waals surface area contributed by atoms with Crippen molar-refractivity contribution < 1.29 is 22.4 Å². The molecule has 0 bridgehead atoms. The zero-order valence-electron chi connectivity index (χ0n) is 22.0. The van der Waals surface area contributed by atoms with Gasteiger partial charge in [0.1, 0.15) is 23.4 Å². The number of rotatable bonds is 12. The zero-order valence-corrected chi connectivity index (χ0v) is 22.8. The van der Waals surface area contributed by atoms with E-state index in [1.165, 1.54) is 13.3 Å². The summed E-state index contributed by atoms with van der Waals surface area (Å²) in [6.45, 7) is 7.63. The molecule has 4 aromatic rings. The van der Waals surface area contributed by atoms with Gasteiger partial charge in [0.25, 0.3) is 0 Å². The van der Waals surface area contributed by atoms with Crippen molar-refractivity contribution in [3.8, 4) is 17.4 Å². The number of nitrogens with zero attached hydrogens (tertiary/aromatic N) is 7. The summed E-state index contributed by atoms with van der Waals surface area (Å²) in [5.74, 6) is 1.41. The Morgan fingerprint density at radius 2 is 1.87 bits per heavy atom. The van der Waals surface area contributed by atoms with Gasteiger partial charge in [-0.25, -0.2) is 23.4 Å². The van der Waals surface area contributed by atoms with Crippen molar-refractivity contribution in [1.82, 2.24) is 34.9 Å². The van der Waals surface area contributed by atoms with Gasteiger partial charge in [-0.3, -0.25) is 4.57 Å². The van der Waals surface area contributed by atoms with E-state index in [9.17, 15) is 8.42 Å². The highest BCUT2D eigenvalue weighted by molar-refractivity contribution is 7.91. The fraction of sp³-hybridized carbons (Fsp3) is 0.440. The molecule has 4 aromatic heterocycles. The zero-order chi connectivity index (χ0) is 27.3. The average molecular weight is 542 g/mol. The number of methoxy groups -OCH3 is 1. The molecule has 0 aliphatic heterocycles. The molecule has 4 rings (SSSR count). The minimum atomic E-state index is -3.83. The van der Waals surface area contributed by atoms with Crippen LogP contribution in [0.3, 0.4) is 0 Å². The van der Waals surface area contributed by atoms with Crippen LogP contribution in [0.1, 0.15) is 62.3 Å². The van der Waals surface area contributed by atoms with E-state index < -0.39 is 33.0 Å². The van der Waals surface area contributed by atoms with E-state index in [4.69, 9.17) is 14.0 Å². The number of aromatic nitrogens is 7. The Morgan fingerprint density at radius 3 is 2.53 bits per heavy atom. The van der Waals surface area contributed by atoms with E-state index in [1.54, 1.807) is 48.1 Å². The number of aryl methyl sites for hydroxylation is 1. The number of sulfone groups is 1. The normalized spacial score (nSPS) is 14.2. The van der Waals surface area contributed by atoms with Gasteiger partial charge in [0, 0.05) is 31.1 Å². The molecule has 0 spiro atoms. The number of pyridine rings is 1. The molecule has 12 nitrogen and oxygen atoms in total. The molecule has 13 heteroatoms. The van der Waals surface area contributed by atoms with Crippen molar-refractivity contribution in [2.24, 2.45) is 0 Å². The number of hydrogen-bond acceptors (Lipinski definition) is 11. The predicted octanol–water partition coefficient (Wildman–Crippen LogP) is 3.52. The summed E-state index contributed by atoms with van der Waals surface area (Å²) in [6.07, 6.45) is 4.69. The maximum atomic E-state index is 13.8. The molecule has 0 amide bonds. The van der Waals surface area contributed by atoms with Crippen molar-refractivity contribution >= 4 is 9.84 Å². The first-order valence-corrected chi connectivity index (χ1v) is 13.9. The van der Waals surface area contributed by atoms with Crippen LogP contribution >= 0.6 is 0 Å². The van der Waals surface area contributed by atoms with Crippen LogP contribution in [-0.2, 0) is 20.3 Å². The van der Waals surface area contributed by atoms with Crippen LogP contribution in [-0.4, -0.2) is 62.3 Å². The van der Waals surface area contributed by atoms with Gasteiger partial charge in [-0.05, 0) is 38.8 Å². The summed E-state index contributed by atoms with van der Waals surface area (Å²) in [7, 11) is -2.31. The number of ether oxygens (including phenoxy) is 2. The Morgan fingerprint density at radius 1 is 1.11 bits per heavy atom. The summed E-state index contributed by atoms with van der Waals surface area (Å²) >= 11 is 0. The second-order valence-corrected chi connectivity index (χ2v) is 11.2. The third kappa shape index (κ3) is 5.89. The van der Waals surface area contributed by atoms with E-state index in [0.29, 0.717) is 35.6 Å². The topological polar surface area (TPSA) is 148 Å². The Balaban J connectivity index is 1.73. The van der Waals surface area contributed by atoms with Crippen LogP contribution < -0.4 is 4.74 Å². The molecule has 0 unspecified atom stereocenters. The van der Waals surface area contributed by atoms with Crippen molar-refractivity contribution in [2.45, 2.75) is 57.3 Å². The van der Waals surface area contributed by atoms with E-state index >= 15 is 0 Å². The maximum Gasteiger partial charge on any atom is 0.213 e. The largest absolute Gasteiger partial charge is 0.481 e. The molecular weight excluding hydrogens is 510 g/mol. The minimum absolute atomic E-state index is 0.222. The quantitative estimate of drug-likeness (QED) is 0.259. The summed E-state index contributed by atoms with van der Waals surface area (Å²) in [5.41, 5.74) is 1.34. The maximum absolute atomic E-state index is 13.8. The van der Waals surface area contributed by atoms with Crippen LogP contribution in [0, 0.1) is 6.92 Å². The predicted molar refractivity (Wildman–Crippen MR) is 138 cm³/mol. The van der Waals surface area contributed by atoms with Gasteiger partial charge < -0.3 is 14.0 Å². The van der Waals surface area contributed by atoms with Gasteiger partial charge in [0.2, 0.25) is 5.88 Å². The highest BCUT2D eigenvalue weighted by Gasteiger charge is 2.36. The van der Waals surface area contributed by atoms with Crippen LogP contribution in [0.25, 0.3) is 11.5 Å².